The quantitative estimate of drug-likeness (QED) is 0.267. The number of hydrogen-bond acceptors (Lipinski definition) is 7. The van der Waals surface area contributed by atoms with E-state index in [4.69, 9.17) is 14.2 Å². The topological polar surface area (TPSA) is 85.4 Å². The number of likely N-dealkylation sites (N-methyl/N-ethyl adjacent to an activating group) is 1. The minimum absolute atomic E-state index is 0.0121. The van der Waals surface area contributed by atoms with Crippen LogP contribution >= 0.6 is 0 Å². The zero-order valence-corrected chi connectivity index (χ0v) is 25.4. The Labute approximate surface area is 253 Å². The summed E-state index contributed by atoms with van der Waals surface area (Å²) in [6, 6.07) is 11.7. The minimum Gasteiger partial charge on any atom is -0.483 e. The molecular weight excluding hydrogens is 544 g/mol. The van der Waals surface area contributed by atoms with Crippen LogP contribution in [0.3, 0.4) is 0 Å². The van der Waals surface area contributed by atoms with Crippen LogP contribution in [-0.4, -0.2) is 71.6 Å². The number of carbonyl (C=O) groups excluding carboxylic acids is 3. The number of piperidine rings is 1. The molecule has 1 amide bonds. The van der Waals surface area contributed by atoms with E-state index in [0.717, 1.165) is 48.2 Å². The number of ether oxygens (including phenoxy) is 3. The zero-order chi connectivity index (χ0) is 30.1. The van der Waals surface area contributed by atoms with Crippen LogP contribution < -0.4 is 9.47 Å². The van der Waals surface area contributed by atoms with E-state index < -0.39 is 23.1 Å². The Morgan fingerprint density at radius 3 is 2.63 bits per heavy atom. The van der Waals surface area contributed by atoms with E-state index in [2.05, 4.69) is 11.0 Å². The molecular formula is C35H40N2O6. The van der Waals surface area contributed by atoms with Crippen molar-refractivity contribution in [1.82, 2.24) is 9.80 Å². The summed E-state index contributed by atoms with van der Waals surface area (Å²) in [6.45, 7) is 6.79. The van der Waals surface area contributed by atoms with Gasteiger partial charge in [0.1, 0.15) is 11.7 Å². The van der Waals surface area contributed by atoms with Crippen LogP contribution in [0.2, 0.25) is 0 Å². The summed E-state index contributed by atoms with van der Waals surface area (Å²) in [6.07, 6.45) is 8.23. The first kappa shape index (κ1) is 28.1. The number of rotatable bonds is 7. The van der Waals surface area contributed by atoms with E-state index in [1.807, 2.05) is 50.4 Å². The molecule has 8 nitrogen and oxygen atoms in total. The number of amides is 1. The second-order valence-electron chi connectivity index (χ2n) is 13.2. The van der Waals surface area contributed by atoms with Gasteiger partial charge in [-0.2, -0.15) is 0 Å². The van der Waals surface area contributed by atoms with Gasteiger partial charge in [-0.3, -0.25) is 19.3 Å². The molecule has 1 saturated heterocycles. The average Bonchev–Trinajstić information content (AvgIpc) is 3.70. The molecule has 2 bridgehead atoms. The molecule has 2 aromatic rings. The second kappa shape index (κ2) is 10.2. The molecule has 3 aliphatic carbocycles. The van der Waals surface area contributed by atoms with Crippen molar-refractivity contribution in [2.75, 3.05) is 20.1 Å². The fourth-order valence-corrected chi connectivity index (χ4v) is 8.73. The Hall–Kier alpha value is -3.65. The Bertz CT molecular complexity index is 1530. The third-order valence-corrected chi connectivity index (χ3v) is 10.6. The summed E-state index contributed by atoms with van der Waals surface area (Å²) < 4.78 is 19.2. The van der Waals surface area contributed by atoms with Crippen LogP contribution in [0.1, 0.15) is 68.2 Å². The van der Waals surface area contributed by atoms with E-state index in [-0.39, 0.29) is 24.0 Å². The molecule has 1 spiro atoms. The Balaban J connectivity index is 1.32. The van der Waals surface area contributed by atoms with Crippen molar-refractivity contribution < 1.29 is 28.6 Å². The van der Waals surface area contributed by atoms with Crippen LogP contribution in [0, 0.1) is 12.8 Å². The van der Waals surface area contributed by atoms with Gasteiger partial charge in [-0.1, -0.05) is 35.9 Å². The molecule has 0 N–H and O–H groups in total. The van der Waals surface area contributed by atoms with Gasteiger partial charge in [0, 0.05) is 39.1 Å². The molecule has 2 saturated carbocycles. The second-order valence-corrected chi connectivity index (χ2v) is 13.2. The van der Waals surface area contributed by atoms with Crippen LogP contribution in [0.25, 0.3) is 6.08 Å². The number of nitrogens with zero attached hydrogens (tertiary/aromatic N) is 2. The van der Waals surface area contributed by atoms with Gasteiger partial charge in [0.15, 0.2) is 11.5 Å². The van der Waals surface area contributed by atoms with E-state index in [1.165, 1.54) is 26.7 Å². The van der Waals surface area contributed by atoms with Crippen molar-refractivity contribution in [3.8, 4) is 11.5 Å². The van der Waals surface area contributed by atoms with Gasteiger partial charge in [0.2, 0.25) is 5.91 Å². The minimum atomic E-state index is -0.804. The van der Waals surface area contributed by atoms with Crippen LogP contribution in [0.4, 0.5) is 0 Å². The van der Waals surface area contributed by atoms with Gasteiger partial charge in [-0.05, 0) is 81.2 Å². The van der Waals surface area contributed by atoms with Gasteiger partial charge in [0.05, 0.1) is 17.5 Å². The monoisotopic (exact) mass is 584 g/mol. The van der Waals surface area contributed by atoms with Gasteiger partial charge >= 0.3 is 11.9 Å². The van der Waals surface area contributed by atoms with Gasteiger partial charge < -0.3 is 19.1 Å². The van der Waals surface area contributed by atoms with E-state index in [0.29, 0.717) is 30.3 Å². The van der Waals surface area contributed by atoms with E-state index in [9.17, 15) is 14.4 Å². The zero-order valence-electron chi connectivity index (χ0n) is 25.4. The van der Waals surface area contributed by atoms with Crippen molar-refractivity contribution in [3.05, 3.63) is 64.7 Å². The molecule has 2 aliphatic heterocycles. The molecule has 43 heavy (non-hydrogen) atoms. The number of aryl methyl sites for hydroxylation is 1. The lowest BCUT2D eigenvalue weighted by Crippen LogP contribution is -2.79. The Kier molecular flexibility index (Phi) is 6.69. The molecule has 0 aromatic heterocycles. The summed E-state index contributed by atoms with van der Waals surface area (Å²) in [5.74, 6) is 0.818. The first-order valence-electron chi connectivity index (χ1n) is 15.6. The predicted molar refractivity (Wildman–Crippen MR) is 161 cm³/mol. The lowest BCUT2D eigenvalue weighted by molar-refractivity contribution is -0.223. The Morgan fingerprint density at radius 2 is 1.91 bits per heavy atom. The van der Waals surface area contributed by atoms with Crippen molar-refractivity contribution in [2.24, 2.45) is 5.92 Å². The van der Waals surface area contributed by atoms with Crippen molar-refractivity contribution in [3.63, 3.8) is 0 Å². The number of benzene rings is 2. The number of carbonyl (C=O) groups is 3. The Morgan fingerprint density at radius 1 is 1.09 bits per heavy atom. The highest BCUT2D eigenvalue weighted by Crippen LogP contribution is 2.67. The molecule has 3 fully saturated rings. The van der Waals surface area contributed by atoms with Crippen molar-refractivity contribution in [1.29, 1.82) is 0 Å². The first-order chi connectivity index (χ1) is 20.6. The summed E-state index contributed by atoms with van der Waals surface area (Å²) in [7, 11) is 1.84. The van der Waals surface area contributed by atoms with Gasteiger partial charge in [0.25, 0.3) is 0 Å². The fraction of sp³-hybridized carbons (Fsp3) is 0.514. The summed E-state index contributed by atoms with van der Waals surface area (Å²) in [4.78, 5) is 43.1. The maximum atomic E-state index is 13.7. The molecule has 5 atom stereocenters. The maximum Gasteiger partial charge on any atom is 0.308 e. The lowest BCUT2D eigenvalue weighted by Gasteiger charge is -2.65. The van der Waals surface area contributed by atoms with E-state index >= 15 is 0 Å². The largest absolute Gasteiger partial charge is 0.483 e. The molecule has 226 valence electrons. The maximum absolute atomic E-state index is 13.7. The predicted octanol–water partition coefficient (Wildman–Crippen LogP) is 4.60. The summed E-state index contributed by atoms with van der Waals surface area (Å²) in [5.41, 5.74) is 2.78. The number of esters is 2. The first-order valence-corrected chi connectivity index (χ1v) is 15.6. The van der Waals surface area contributed by atoms with Gasteiger partial charge in [-0.25, -0.2) is 0 Å². The summed E-state index contributed by atoms with van der Waals surface area (Å²) in [5, 5.41) is 0. The van der Waals surface area contributed by atoms with E-state index in [1.54, 1.807) is 11.0 Å². The highest BCUT2D eigenvalue weighted by molar-refractivity contribution is 5.92. The average molecular weight is 585 g/mol. The molecule has 5 aliphatic rings. The van der Waals surface area contributed by atoms with Crippen LogP contribution in [-0.2, 0) is 31.0 Å². The highest BCUT2D eigenvalue weighted by atomic mass is 16.6. The molecule has 0 radical (unpaired) electrons. The standard InChI is InChI=1S/C35H40N2O6/c1-21-6-5-7-24(18-21)10-13-30(40)36(4)27-14-15-35(43-23(3)39)29-19-26-11-12-28(41-22(2)38)32-31(26)34(35,33(27)42-32)16-17-37(29)20-25-8-9-25/h5-7,10-13,18,25,27,29,33H,8-9,14-17,19-20H2,1-4H3/t27-,29+,33-,34-,35+/m0/s1. The normalized spacial score (nSPS) is 30.4. The highest BCUT2D eigenvalue weighted by Gasteiger charge is 2.75. The number of hydrogen-bond donors (Lipinski definition) is 0. The third-order valence-electron chi connectivity index (χ3n) is 10.6. The molecule has 0 unspecified atom stereocenters. The molecule has 2 heterocycles. The lowest BCUT2D eigenvalue weighted by atomic mass is 9.48. The van der Waals surface area contributed by atoms with Crippen molar-refractivity contribution in [2.45, 2.75) is 88.5 Å². The number of likely N-dealkylation sites (tertiary alicyclic amines) is 1. The van der Waals surface area contributed by atoms with Crippen LogP contribution in [0.15, 0.2) is 42.5 Å². The molecule has 7 rings (SSSR count). The summed E-state index contributed by atoms with van der Waals surface area (Å²) >= 11 is 0. The fourth-order valence-electron chi connectivity index (χ4n) is 8.73. The molecule has 2 aromatic carbocycles. The van der Waals surface area contributed by atoms with Gasteiger partial charge in [-0.15, -0.1) is 0 Å². The SMILES string of the molecule is CC(=O)Oc1ccc2c3c1O[C@H]1[C@@H](N(C)C(=O)C=Cc4cccc(C)c4)CC[C@@]4(OC(C)=O)[C@@H](C2)N(CC2CC2)CC[C@]314. The smallest absolute Gasteiger partial charge is 0.308 e. The van der Waals surface area contributed by atoms with Crippen LogP contribution in [0.5, 0.6) is 11.5 Å². The third kappa shape index (κ3) is 4.40. The molecule has 8 heteroatoms. The van der Waals surface area contributed by atoms with Crippen molar-refractivity contribution >= 4 is 23.9 Å².